The highest BCUT2D eigenvalue weighted by atomic mass is 16.5. The first-order valence-corrected chi connectivity index (χ1v) is 3.21. The summed E-state index contributed by atoms with van der Waals surface area (Å²) in [5.41, 5.74) is 3.38. The van der Waals surface area contributed by atoms with Crippen LogP contribution in [0.2, 0.25) is 0 Å². The molecule has 0 heterocycles. The van der Waals surface area contributed by atoms with Gasteiger partial charge in [-0.1, -0.05) is 18.2 Å². The average Bonchev–Trinajstić information content (AvgIpc) is 2.03. The molecule has 0 unspecified atom stereocenters. The van der Waals surface area contributed by atoms with Crippen LogP contribution in [-0.2, 0) is 0 Å². The number of nitrogens with one attached hydrogen (secondary N) is 1. The van der Waals surface area contributed by atoms with Crippen LogP contribution in [0.4, 0.5) is 5.69 Å². The Labute approximate surface area is 64.7 Å². The summed E-state index contributed by atoms with van der Waals surface area (Å²) in [6, 6.07) is 9.28. The predicted molar refractivity (Wildman–Crippen MR) is 42.0 cm³/mol. The van der Waals surface area contributed by atoms with E-state index in [2.05, 4.69) is 10.6 Å². The smallest absolute Gasteiger partial charge is 0.146 e. The van der Waals surface area contributed by atoms with E-state index in [0.717, 1.165) is 5.69 Å². The molecule has 1 rings (SSSR count). The van der Waals surface area contributed by atoms with Crippen molar-refractivity contribution in [2.45, 2.75) is 0 Å². The third-order valence-corrected chi connectivity index (χ3v) is 1.09. The van der Waals surface area contributed by atoms with Crippen molar-refractivity contribution in [3.05, 3.63) is 35.5 Å². The molecular weight excluding hydrogens is 142 g/mol. The molecule has 0 aliphatic carbocycles. The molecule has 11 heavy (non-hydrogen) atoms. The first-order valence-electron chi connectivity index (χ1n) is 3.21. The first-order chi connectivity index (χ1) is 5.29. The van der Waals surface area contributed by atoms with E-state index in [1.807, 2.05) is 30.3 Å². The van der Waals surface area contributed by atoms with Crippen molar-refractivity contribution in [1.29, 1.82) is 0 Å². The van der Waals surface area contributed by atoms with Crippen LogP contribution in [0.5, 0.6) is 0 Å². The Bertz CT molecular complexity index is 241. The molecule has 1 N–H and O–H groups in total. The Morgan fingerprint density at radius 3 is 2.55 bits per heavy atom. The molecule has 0 aromatic heterocycles. The van der Waals surface area contributed by atoms with Gasteiger partial charge in [-0.2, -0.15) is 4.86 Å². The van der Waals surface area contributed by atoms with Crippen molar-refractivity contribution in [1.82, 2.24) is 0 Å². The number of rotatable bonds is 2. The van der Waals surface area contributed by atoms with Crippen molar-refractivity contribution < 1.29 is 4.86 Å². The van der Waals surface area contributed by atoms with Crippen LogP contribution in [-0.4, -0.2) is 11.9 Å². The van der Waals surface area contributed by atoms with Gasteiger partial charge in [0, 0.05) is 0 Å². The van der Waals surface area contributed by atoms with E-state index in [4.69, 9.17) is 0 Å². The molecule has 0 radical (unpaired) electrons. The molecular formula is C7H9N3O. The molecule has 4 nitrogen and oxygen atoms in total. The zero-order valence-corrected chi connectivity index (χ0v) is 6.19. The Kier molecular flexibility index (Phi) is 2.43. The number of nitrogens with zero attached hydrogens (tertiary/aromatic N) is 2. The van der Waals surface area contributed by atoms with Crippen LogP contribution < -0.4 is 5.43 Å². The zero-order valence-electron chi connectivity index (χ0n) is 6.19. The summed E-state index contributed by atoms with van der Waals surface area (Å²) in [6.07, 6.45) is 0. The molecule has 0 saturated heterocycles. The standard InChI is InChI=1S/C7H9N3O/c1-10(11)9-8-7-5-3-2-4-6-7/h2-6,8H,1H3. The molecule has 0 spiro atoms. The van der Waals surface area contributed by atoms with E-state index < -0.39 is 0 Å². The van der Waals surface area contributed by atoms with E-state index in [1.54, 1.807) is 0 Å². The minimum absolute atomic E-state index is 0.465. The molecule has 0 aliphatic rings. The maximum Gasteiger partial charge on any atom is 0.146 e. The summed E-state index contributed by atoms with van der Waals surface area (Å²) in [6.45, 7) is 0. The highest BCUT2D eigenvalue weighted by molar-refractivity contribution is 5.40. The van der Waals surface area contributed by atoms with Crippen molar-refractivity contribution in [2.75, 3.05) is 12.5 Å². The van der Waals surface area contributed by atoms with Crippen molar-refractivity contribution in [3.8, 4) is 0 Å². The van der Waals surface area contributed by atoms with Crippen molar-refractivity contribution in [2.24, 2.45) is 5.22 Å². The third-order valence-electron chi connectivity index (χ3n) is 1.09. The Morgan fingerprint density at radius 1 is 1.36 bits per heavy atom. The lowest BCUT2D eigenvalue weighted by Gasteiger charge is -1.96. The largest absolute Gasteiger partial charge is 0.696 e. The lowest BCUT2D eigenvalue weighted by molar-refractivity contribution is -0.497. The van der Waals surface area contributed by atoms with E-state index in [-0.39, 0.29) is 0 Å². The van der Waals surface area contributed by atoms with Gasteiger partial charge in [0.15, 0.2) is 0 Å². The first kappa shape index (κ1) is 7.53. The maximum atomic E-state index is 10.3. The summed E-state index contributed by atoms with van der Waals surface area (Å²) in [5, 5.41) is 13.7. The minimum atomic E-state index is 0.465. The Morgan fingerprint density at radius 2 is 2.00 bits per heavy atom. The summed E-state index contributed by atoms with van der Waals surface area (Å²) in [4.78, 5) is 0.465. The highest BCUT2D eigenvalue weighted by Gasteiger charge is 1.89. The maximum absolute atomic E-state index is 10.3. The molecule has 0 bridgehead atoms. The number of hydrogen-bond donors (Lipinski definition) is 1. The number of hydroxylamine groups is 1. The lowest BCUT2D eigenvalue weighted by atomic mass is 10.3. The fourth-order valence-electron chi connectivity index (χ4n) is 0.641. The van der Waals surface area contributed by atoms with Crippen molar-refractivity contribution >= 4 is 5.69 Å². The highest BCUT2D eigenvalue weighted by Crippen LogP contribution is 2.03. The monoisotopic (exact) mass is 151 g/mol. The van der Waals surface area contributed by atoms with E-state index >= 15 is 0 Å². The average molecular weight is 151 g/mol. The summed E-state index contributed by atoms with van der Waals surface area (Å²) in [7, 11) is 1.32. The lowest BCUT2D eigenvalue weighted by Crippen LogP contribution is -1.96. The molecule has 58 valence electrons. The number of para-hydroxylation sites is 1. The summed E-state index contributed by atoms with van der Waals surface area (Å²) >= 11 is 0. The van der Waals surface area contributed by atoms with Crippen LogP contribution in [0.15, 0.2) is 35.6 Å². The van der Waals surface area contributed by atoms with Gasteiger partial charge in [-0.05, 0) is 12.1 Å². The van der Waals surface area contributed by atoms with Gasteiger partial charge >= 0.3 is 0 Å². The molecule has 0 fully saturated rings. The number of hydrogen-bond acceptors (Lipinski definition) is 2. The Hall–Kier alpha value is -1.58. The molecule has 0 saturated carbocycles. The van der Waals surface area contributed by atoms with Crippen LogP contribution >= 0.6 is 0 Å². The fourth-order valence-corrected chi connectivity index (χ4v) is 0.641. The fraction of sp³-hybridized carbons (Fsp3) is 0.143. The number of benzene rings is 1. The molecule has 1 aromatic rings. The van der Waals surface area contributed by atoms with Gasteiger partial charge in [-0.25, -0.2) is 0 Å². The predicted octanol–water partition coefficient (Wildman–Crippen LogP) is 1.61. The second kappa shape index (κ2) is 3.55. The van der Waals surface area contributed by atoms with Gasteiger partial charge in [0.25, 0.3) is 0 Å². The zero-order chi connectivity index (χ0) is 8.10. The van der Waals surface area contributed by atoms with E-state index in [0.29, 0.717) is 4.86 Å². The van der Waals surface area contributed by atoms with Gasteiger partial charge in [-0.15, -0.1) is 5.43 Å². The minimum Gasteiger partial charge on any atom is -0.696 e. The van der Waals surface area contributed by atoms with Crippen LogP contribution in [0.1, 0.15) is 0 Å². The van der Waals surface area contributed by atoms with Gasteiger partial charge in [-0.3, -0.25) is 0 Å². The second-order valence-corrected chi connectivity index (χ2v) is 2.04. The quantitative estimate of drug-likeness (QED) is 0.396. The van der Waals surface area contributed by atoms with Gasteiger partial charge in [0.2, 0.25) is 0 Å². The molecule has 0 atom stereocenters. The summed E-state index contributed by atoms with van der Waals surface area (Å²) in [5.74, 6) is 0. The number of anilines is 1. The molecule has 0 amide bonds. The topological polar surface area (TPSA) is 50.5 Å². The second-order valence-electron chi connectivity index (χ2n) is 2.04. The van der Waals surface area contributed by atoms with Gasteiger partial charge in [0.05, 0.1) is 5.22 Å². The molecule has 4 heteroatoms. The molecule has 1 aromatic carbocycles. The van der Waals surface area contributed by atoms with Crippen molar-refractivity contribution in [3.63, 3.8) is 0 Å². The van der Waals surface area contributed by atoms with E-state index in [9.17, 15) is 5.21 Å². The van der Waals surface area contributed by atoms with Crippen LogP contribution in [0.3, 0.4) is 0 Å². The van der Waals surface area contributed by atoms with Crippen LogP contribution in [0, 0.1) is 5.21 Å². The normalized spacial score (nSPS) is 11.2. The van der Waals surface area contributed by atoms with Gasteiger partial charge < -0.3 is 5.21 Å². The SMILES string of the molecule is C[N+]([O-])=NNc1ccccc1. The summed E-state index contributed by atoms with van der Waals surface area (Å²) < 4.78 is 0. The van der Waals surface area contributed by atoms with Gasteiger partial charge in [0.1, 0.15) is 12.7 Å². The molecule has 0 aliphatic heterocycles. The van der Waals surface area contributed by atoms with E-state index in [1.165, 1.54) is 7.05 Å². The van der Waals surface area contributed by atoms with Crippen LogP contribution in [0.25, 0.3) is 0 Å². The Balaban J connectivity index is 2.59. The third kappa shape index (κ3) is 2.66.